The van der Waals surface area contributed by atoms with Gasteiger partial charge >= 0.3 is 0 Å². The van der Waals surface area contributed by atoms with Gasteiger partial charge in [0.1, 0.15) is 0 Å². The molecule has 150 valence electrons. The Morgan fingerprint density at radius 2 is 2.11 bits per heavy atom. The van der Waals surface area contributed by atoms with Gasteiger partial charge in [0.2, 0.25) is 5.91 Å². The number of aromatic nitrogens is 1. The van der Waals surface area contributed by atoms with E-state index >= 15 is 0 Å². The van der Waals surface area contributed by atoms with E-state index in [4.69, 9.17) is 9.57 Å². The Kier molecular flexibility index (Phi) is 6.67. The zero-order valence-corrected chi connectivity index (χ0v) is 17.5. The lowest BCUT2D eigenvalue weighted by molar-refractivity contribution is -0.200. The Balaban J connectivity index is 1.45. The van der Waals surface area contributed by atoms with Crippen LogP contribution in [0.5, 0.6) is 0 Å². The van der Waals surface area contributed by atoms with E-state index in [1.165, 1.54) is 21.7 Å². The largest absolute Gasteiger partial charge is 0.350 e. The number of carbonyl (C=O) groups is 1. The average molecular weight is 419 g/mol. The van der Waals surface area contributed by atoms with Crippen LogP contribution in [-0.2, 0) is 19.1 Å². The highest BCUT2D eigenvalue weighted by Gasteiger charge is 2.38. The summed E-state index contributed by atoms with van der Waals surface area (Å²) in [6.07, 6.45) is 10.1. The Morgan fingerprint density at radius 3 is 2.86 bits per heavy atom. The summed E-state index contributed by atoms with van der Waals surface area (Å²) in [6, 6.07) is 8.41. The first-order valence-electron chi connectivity index (χ1n) is 9.96. The third-order valence-corrected chi connectivity index (χ3v) is 8.34. The van der Waals surface area contributed by atoms with Crippen LogP contribution in [0.25, 0.3) is 10.4 Å². The third-order valence-electron chi connectivity index (χ3n) is 5.26. The summed E-state index contributed by atoms with van der Waals surface area (Å²) < 4.78 is 5.36. The maximum absolute atomic E-state index is 12.7. The molecule has 1 N–H and O–H groups in total. The van der Waals surface area contributed by atoms with Gasteiger partial charge in [-0.3, -0.25) is 9.78 Å². The number of ether oxygens (including phenoxy) is 1. The number of hydrogen-bond acceptors (Lipinski definition) is 6. The zero-order valence-electron chi connectivity index (χ0n) is 15.9. The van der Waals surface area contributed by atoms with E-state index < -0.39 is 0 Å². The van der Waals surface area contributed by atoms with E-state index in [2.05, 4.69) is 22.6 Å². The normalized spacial score (nSPS) is 25.4. The number of thioether (sulfide) groups is 1. The standard InChI is InChI=1S/C21H26N2O3S2/c24-19(23-26-20-5-1-3-13-25-20)15-21(10-2-4-14-27-21)18-7-6-17(28-18)16-8-11-22-12-9-16/h6-9,11-12,20H,1-5,10,13-15H2,(H,23,24)/t20?,21-/m0/s1. The van der Waals surface area contributed by atoms with Crippen LogP contribution in [0.15, 0.2) is 36.7 Å². The van der Waals surface area contributed by atoms with E-state index in [1.54, 1.807) is 11.3 Å². The molecule has 0 spiro atoms. The fraction of sp³-hybridized carbons (Fsp3) is 0.524. The summed E-state index contributed by atoms with van der Waals surface area (Å²) in [4.78, 5) is 24.8. The molecule has 0 saturated carbocycles. The van der Waals surface area contributed by atoms with Crippen LogP contribution in [0.1, 0.15) is 49.8 Å². The predicted molar refractivity (Wildman–Crippen MR) is 113 cm³/mol. The fourth-order valence-electron chi connectivity index (χ4n) is 3.76. The molecule has 7 heteroatoms. The lowest BCUT2D eigenvalue weighted by Crippen LogP contribution is -2.37. The molecule has 0 radical (unpaired) electrons. The molecule has 28 heavy (non-hydrogen) atoms. The van der Waals surface area contributed by atoms with Gasteiger partial charge in [-0.05, 0) is 61.3 Å². The van der Waals surface area contributed by atoms with Crippen molar-refractivity contribution in [1.29, 1.82) is 0 Å². The fourth-order valence-corrected chi connectivity index (χ4v) is 6.65. The molecular formula is C21H26N2O3S2. The lowest BCUT2D eigenvalue weighted by atomic mass is 9.94. The molecule has 0 aromatic carbocycles. The minimum Gasteiger partial charge on any atom is -0.350 e. The van der Waals surface area contributed by atoms with Crippen LogP contribution in [0.3, 0.4) is 0 Å². The van der Waals surface area contributed by atoms with Gasteiger partial charge in [0.15, 0.2) is 6.29 Å². The lowest BCUT2D eigenvalue weighted by Gasteiger charge is -2.35. The van der Waals surface area contributed by atoms with Crippen LogP contribution in [0, 0.1) is 0 Å². The monoisotopic (exact) mass is 418 g/mol. The molecule has 2 atom stereocenters. The highest BCUT2D eigenvalue weighted by Crippen LogP contribution is 2.50. The van der Waals surface area contributed by atoms with Gasteiger partial charge < -0.3 is 4.74 Å². The first kappa shape index (κ1) is 19.9. The molecule has 5 nitrogen and oxygen atoms in total. The number of pyridine rings is 1. The maximum Gasteiger partial charge on any atom is 0.245 e. The summed E-state index contributed by atoms with van der Waals surface area (Å²) in [5, 5.41) is 0. The number of nitrogens with one attached hydrogen (secondary N) is 1. The van der Waals surface area contributed by atoms with E-state index in [0.29, 0.717) is 13.0 Å². The topological polar surface area (TPSA) is 60.5 Å². The van der Waals surface area contributed by atoms with Crippen LogP contribution >= 0.6 is 23.1 Å². The Bertz CT molecular complexity index is 769. The average Bonchev–Trinajstić information content (AvgIpc) is 3.26. The maximum atomic E-state index is 12.7. The van der Waals surface area contributed by atoms with Gasteiger partial charge in [0.25, 0.3) is 0 Å². The van der Waals surface area contributed by atoms with Gasteiger partial charge in [0.05, 0.1) is 4.75 Å². The molecule has 2 aromatic rings. The molecule has 4 rings (SSSR count). The van der Waals surface area contributed by atoms with Crippen molar-refractivity contribution in [3.63, 3.8) is 0 Å². The molecular weight excluding hydrogens is 392 g/mol. The molecule has 2 saturated heterocycles. The second kappa shape index (κ2) is 9.39. The molecule has 4 heterocycles. The minimum absolute atomic E-state index is 0.0672. The van der Waals surface area contributed by atoms with Crippen LogP contribution in [0.4, 0.5) is 0 Å². The Morgan fingerprint density at radius 1 is 1.21 bits per heavy atom. The summed E-state index contributed by atoms with van der Waals surface area (Å²) in [5.74, 6) is 1.02. The van der Waals surface area contributed by atoms with Gasteiger partial charge in [-0.25, -0.2) is 10.3 Å². The molecule has 0 aliphatic carbocycles. The van der Waals surface area contributed by atoms with Crippen molar-refractivity contribution in [1.82, 2.24) is 10.5 Å². The highest BCUT2D eigenvalue weighted by molar-refractivity contribution is 8.00. The number of carbonyl (C=O) groups excluding carboxylic acids is 1. The first-order valence-corrected chi connectivity index (χ1v) is 11.8. The predicted octanol–water partition coefficient (Wildman–Crippen LogP) is 4.89. The van der Waals surface area contributed by atoms with Crippen molar-refractivity contribution in [2.75, 3.05) is 12.4 Å². The molecule has 1 unspecified atom stereocenters. The highest BCUT2D eigenvalue weighted by atomic mass is 32.2. The van der Waals surface area contributed by atoms with Crippen LogP contribution < -0.4 is 5.48 Å². The van der Waals surface area contributed by atoms with Crippen molar-refractivity contribution in [3.8, 4) is 10.4 Å². The number of hydroxylamine groups is 1. The van der Waals surface area contributed by atoms with Crippen molar-refractivity contribution >= 4 is 29.0 Å². The van der Waals surface area contributed by atoms with Gasteiger partial charge in [0, 0.05) is 41.6 Å². The number of hydrogen-bond donors (Lipinski definition) is 1. The summed E-state index contributed by atoms with van der Waals surface area (Å²) in [5.41, 5.74) is 3.82. The van der Waals surface area contributed by atoms with Gasteiger partial charge in [-0.2, -0.15) is 0 Å². The van der Waals surface area contributed by atoms with Gasteiger partial charge in [-0.1, -0.05) is 6.42 Å². The Hall–Kier alpha value is -1.41. The molecule has 2 aromatic heterocycles. The van der Waals surface area contributed by atoms with Crippen LogP contribution in [-0.4, -0.2) is 29.5 Å². The first-order chi connectivity index (χ1) is 13.8. The molecule has 2 aliphatic heterocycles. The van der Waals surface area contributed by atoms with E-state index in [0.717, 1.165) is 37.9 Å². The summed E-state index contributed by atoms with van der Waals surface area (Å²) in [7, 11) is 0. The van der Waals surface area contributed by atoms with Crippen molar-refractivity contribution in [2.45, 2.75) is 56.0 Å². The quantitative estimate of drug-likeness (QED) is 0.677. The van der Waals surface area contributed by atoms with Gasteiger partial charge in [-0.15, -0.1) is 23.1 Å². The van der Waals surface area contributed by atoms with Crippen LogP contribution in [0.2, 0.25) is 0 Å². The molecule has 2 fully saturated rings. The minimum atomic E-state index is -0.312. The second-order valence-corrected chi connectivity index (χ2v) is 9.88. The number of amides is 1. The number of rotatable bonds is 6. The summed E-state index contributed by atoms with van der Waals surface area (Å²) in [6.45, 7) is 0.702. The van der Waals surface area contributed by atoms with Crippen molar-refractivity contribution < 1.29 is 14.4 Å². The Labute approximate surface area is 174 Å². The SMILES string of the molecule is O=C(C[C@]1(c2ccc(-c3ccncc3)s2)CCCCS1)NOC1CCCCO1. The van der Waals surface area contributed by atoms with Crippen molar-refractivity contribution in [3.05, 3.63) is 41.5 Å². The summed E-state index contributed by atoms with van der Waals surface area (Å²) >= 11 is 3.70. The smallest absolute Gasteiger partial charge is 0.245 e. The molecule has 2 aliphatic rings. The third kappa shape index (κ3) is 4.76. The second-order valence-electron chi connectivity index (χ2n) is 7.32. The zero-order chi connectivity index (χ0) is 19.2. The van der Waals surface area contributed by atoms with E-state index in [9.17, 15) is 4.79 Å². The molecule has 0 bridgehead atoms. The number of thiophene rings is 1. The van der Waals surface area contributed by atoms with E-state index in [-0.39, 0.29) is 16.9 Å². The number of nitrogens with zero attached hydrogens (tertiary/aromatic N) is 1. The molecule has 1 amide bonds. The van der Waals surface area contributed by atoms with Crippen molar-refractivity contribution in [2.24, 2.45) is 0 Å². The van der Waals surface area contributed by atoms with E-state index in [1.807, 2.05) is 36.3 Å².